The molecule has 0 bridgehead atoms. The summed E-state index contributed by atoms with van der Waals surface area (Å²) in [5.41, 5.74) is 2.31. The molecular formula is C16H20ClN3. The average Bonchev–Trinajstić information content (AvgIpc) is 2.47. The Bertz CT molecular complexity index is 557. The van der Waals surface area contributed by atoms with E-state index in [4.69, 9.17) is 11.6 Å². The second kappa shape index (κ2) is 7.27. The number of aromatic nitrogens is 1. The summed E-state index contributed by atoms with van der Waals surface area (Å²) in [6.07, 6.45) is 1.83. The van der Waals surface area contributed by atoms with E-state index in [9.17, 15) is 0 Å². The molecule has 0 radical (unpaired) electrons. The van der Waals surface area contributed by atoms with Crippen molar-refractivity contribution in [3.63, 3.8) is 0 Å². The van der Waals surface area contributed by atoms with Crippen molar-refractivity contribution in [2.24, 2.45) is 0 Å². The molecule has 0 spiro atoms. The number of halogens is 1. The van der Waals surface area contributed by atoms with Gasteiger partial charge in [-0.25, -0.2) is 4.98 Å². The molecule has 0 aliphatic rings. The highest BCUT2D eigenvalue weighted by molar-refractivity contribution is 6.31. The van der Waals surface area contributed by atoms with Gasteiger partial charge in [-0.3, -0.25) is 0 Å². The molecule has 2 aromatic rings. The Morgan fingerprint density at radius 2 is 1.90 bits per heavy atom. The first-order chi connectivity index (χ1) is 9.72. The van der Waals surface area contributed by atoms with Gasteiger partial charge in [0.15, 0.2) is 0 Å². The fourth-order valence-electron chi connectivity index (χ4n) is 2.13. The van der Waals surface area contributed by atoms with Gasteiger partial charge in [-0.15, -0.1) is 0 Å². The van der Waals surface area contributed by atoms with Crippen molar-refractivity contribution < 1.29 is 0 Å². The van der Waals surface area contributed by atoms with Gasteiger partial charge in [0.25, 0.3) is 0 Å². The molecule has 1 N–H and O–H groups in total. The summed E-state index contributed by atoms with van der Waals surface area (Å²) in [5.74, 6) is 0.994. The standard InChI is InChI=1S/C16H20ClN3/c1-3-18-11-13-8-6-10-19-16(13)20(2)12-14-7-4-5-9-15(14)17/h4-10,18H,3,11-12H2,1-2H3. The third kappa shape index (κ3) is 3.71. The quantitative estimate of drug-likeness (QED) is 0.882. The molecule has 0 aliphatic carbocycles. The van der Waals surface area contributed by atoms with Gasteiger partial charge in [-0.2, -0.15) is 0 Å². The minimum absolute atomic E-state index is 0.746. The molecule has 1 aromatic carbocycles. The Morgan fingerprint density at radius 3 is 2.65 bits per heavy atom. The molecule has 3 nitrogen and oxygen atoms in total. The number of anilines is 1. The van der Waals surface area contributed by atoms with Crippen LogP contribution in [-0.2, 0) is 13.1 Å². The molecule has 0 saturated heterocycles. The van der Waals surface area contributed by atoms with Crippen LogP contribution in [0.4, 0.5) is 5.82 Å². The highest BCUT2D eigenvalue weighted by atomic mass is 35.5. The molecule has 2 rings (SSSR count). The second-order valence-electron chi connectivity index (χ2n) is 4.71. The molecule has 4 heteroatoms. The predicted molar refractivity (Wildman–Crippen MR) is 85.2 cm³/mol. The van der Waals surface area contributed by atoms with E-state index < -0.39 is 0 Å². The number of benzene rings is 1. The van der Waals surface area contributed by atoms with Crippen LogP contribution in [0.3, 0.4) is 0 Å². The second-order valence-corrected chi connectivity index (χ2v) is 5.12. The number of pyridine rings is 1. The Labute approximate surface area is 125 Å². The summed E-state index contributed by atoms with van der Waals surface area (Å²) in [6.45, 7) is 4.62. The summed E-state index contributed by atoms with van der Waals surface area (Å²) in [7, 11) is 2.04. The van der Waals surface area contributed by atoms with Gasteiger partial charge in [-0.05, 0) is 24.2 Å². The number of hydrogen-bond acceptors (Lipinski definition) is 3. The molecule has 0 fully saturated rings. The zero-order valence-electron chi connectivity index (χ0n) is 11.9. The summed E-state index contributed by atoms with van der Waals surface area (Å²) < 4.78 is 0. The van der Waals surface area contributed by atoms with Gasteiger partial charge in [0.2, 0.25) is 0 Å². The number of hydrogen-bond donors (Lipinski definition) is 1. The maximum absolute atomic E-state index is 6.22. The average molecular weight is 290 g/mol. The predicted octanol–water partition coefficient (Wildman–Crippen LogP) is 3.48. The van der Waals surface area contributed by atoms with E-state index in [0.717, 1.165) is 36.0 Å². The van der Waals surface area contributed by atoms with Crippen LogP contribution in [0.2, 0.25) is 5.02 Å². The minimum atomic E-state index is 0.746. The molecule has 0 unspecified atom stereocenters. The molecular weight excluding hydrogens is 270 g/mol. The lowest BCUT2D eigenvalue weighted by atomic mass is 10.2. The van der Waals surface area contributed by atoms with E-state index >= 15 is 0 Å². The smallest absolute Gasteiger partial charge is 0.133 e. The maximum atomic E-state index is 6.22. The lowest BCUT2D eigenvalue weighted by Crippen LogP contribution is -2.22. The summed E-state index contributed by atoms with van der Waals surface area (Å²) >= 11 is 6.22. The van der Waals surface area contributed by atoms with Crippen LogP contribution in [-0.4, -0.2) is 18.6 Å². The Hall–Kier alpha value is -1.58. The highest BCUT2D eigenvalue weighted by Crippen LogP contribution is 2.21. The lowest BCUT2D eigenvalue weighted by molar-refractivity contribution is 0.719. The van der Waals surface area contributed by atoms with Gasteiger partial charge >= 0.3 is 0 Å². The first kappa shape index (κ1) is 14.8. The van der Waals surface area contributed by atoms with Gasteiger partial charge in [0, 0.05) is 36.9 Å². The minimum Gasteiger partial charge on any atom is -0.355 e. The molecule has 106 valence electrons. The van der Waals surface area contributed by atoms with Crippen molar-refractivity contribution >= 4 is 17.4 Å². The van der Waals surface area contributed by atoms with Gasteiger partial charge in [0.1, 0.15) is 5.82 Å². The summed E-state index contributed by atoms with van der Waals surface area (Å²) in [6, 6.07) is 12.0. The number of nitrogens with one attached hydrogen (secondary N) is 1. The SMILES string of the molecule is CCNCc1cccnc1N(C)Cc1ccccc1Cl. The van der Waals surface area contributed by atoms with Crippen molar-refractivity contribution in [1.29, 1.82) is 0 Å². The van der Waals surface area contributed by atoms with Gasteiger partial charge < -0.3 is 10.2 Å². The van der Waals surface area contributed by atoms with Crippen molar-refractivity contribution in [3.8, 4) is 0 Å². The Morgan fingerprint density at radius 1 is 1.15 bits per heavy atom. The first-order valence-corrected chi connectivity index (χ1v) is 7.19. The Balaban J connectivity index is 2.16. The van der Waals surface area contributed by atoms with E-state index in [1.54, 1.807) is 0 Å². The molecule has 0 amide bonds. The van der Waals surface area contributed by atoms with E-state index in [1.165, 1.54) is 5.56 Å². The van der Waals surface area contributed by atoms with Gasteiger partial charge in [-0.1, -0.05) is 42.8 Å². The third-order valence-corrected chi connectivity index (χ3v) is 3.53. The van der Waals surface area contributed by atoms with Crippen molar-refractivity contribution in [3.05, 3.63) is 58.7 Å². The number of rotatable bonds is 6. The van der Waals surface area contributed by atoms with Gasteiger partial charge in [0.05, 0.1) is 0 Å². The lowest BCUT2D eigenvalue weighted by Gasteiger charge is -2.22. The van der Waals surface area contributed by atoms with Crippen LogP contribution in [0.5, 0.6) is 0 Å². The molecule has 1 heterocycles. The molecule has 0 aliphatic heterocycles. The van der Waals surface area contributed by atoms with E-state index in [1.807, 2.05) is 43.6 Å². The normalized spacial score (nSPS) is 10.6. The van der Waals surface area contributed by atoms with Crippen LogP contribution in [0.25, 0.3) is 0 Å². The van der Waals surface area contributed by atoms with E-state index in [2.05, 4.69) is 28.2 Å². The van der Waals surface area contributed by atoms with Crippen LogP contribution >= 0.6 is 11.6 Å². The molecule has 20 heavy (non-hydrogen) atoms. The molecule has 0 atom stereocenters. The zero-order chi connectivity index (χ0) is 14.4. The fourth-order valence-corrected chi connectivity index (χ4v) is 2.32. The fraction of sp³-hybridized carbons (Fsp3) is 0.312. The monoisotopic (exact) mass is 289 g/mol. The summed E-state index contributed by atoms with van der Waals surface area (Å²) in [4.78, 5) is 6.63. The van der Waals surface area contributed by atoms with Crippen molar-refractivity contribution in [2.45, 2.75) is 20.0 Å². The topological polar surface area (TPSA) is 28.2 Å². The van der Waals surface area contributed by atoms with Crippen LogP contribution in [0.15, 0.2) is 42.6 Å². The van der Waals surface area contributed by atoms with Crippen LogP contribution in [0.1, 0.15) is 18.1 Å². The third-order valence-electron chi connectivity index (χ3n) is 3.16. The molecule has 1 aromatic heterocycles. The van der Waals surface area contributed by atoms with Crippen LogP contribution in [0, 0.1) is 0 Å². The largest absolute Gasteiger partial charge is 0.355 e. The number of nitrogens with zero attached hydrogens (tertiary/aromatic N) is 2. The first-order valence-electron chi connectivity index (χ1n) is 6.81. The maximum Gasteiger partial charge on any atom is 0.133 e. The highest BCUT2D eigenvalue weighted by Gasteiger charge is 2.10. The van der Waals surface area contributed by atoms with Crippen molar-refractivity contribution in [1.82, 2.24) is 10.3 Å². The van der Waals surface area contributed by atoms with Crippen LogP contribution < -0.4 is 10.2 Å². The Kier molecular flexibility index (Phi) is 5.39. The van der Waals surface area contributed by atoms with E-state index in [-0.39, 0.29) is 0 Å². The molecule has 0 saturated carbocycles. The van der Waals surface area contributed by atoms with Crippen molar-refractivity contribution in [2.75, 3.05) is 18.5 Å². The zero-order valence-corrected chi connectivity index (χ0v) is 12.7. The summed E-state index contributed by atoms with van der Waals surface area (Å²) in [5, 5.41) is 4.14. The van der Waals surface area contributed by atoms with E-state index in [0.29, 0.717) is 0 Å².